The van der Waals surface area contributed by atoms with E-state index in [9.17, 15) is 9.18 Å². The smallest absolute Gasteiger partial charge is 0.346 e. The van der Waals surface area contributed by atoms with Gasteiger partial charge in [0.1, 0.15) is 5.82 Å². The number of hydrogen-bond acceptors (Lipinski definition) is 5. The first kappa shape index (κ1) is 20.0. The first-order valence-electron chi connectivity index (χ1n) is 10.2. The number of amides is 2. The molecule has 2 amide bonds. The fourth-order valence-electron chi connectivity index (χ4n) is 3.84. The first-order valence-corrected chi connectivity index (χ1v) is 10.2. The topological polar surface area (TPSA) is 97.8 Å². The molecule has 3 heterocycles. The van der Waals surface area contributed by atoms with E-state index in [4.69, 9.17) is 10.6 Å². The van der Waals surface area contributed by atoms with Crippen LogP contribution in [-0.4, -0.2) is 32.3 Å². The molecule has 0 radical (unpaired) electrons. The van der Waals surface area contributed by atoms with Crippen molar-refractivity contribution in [3.8, 4) is 11.1 Å². The number of carbonyl (C=O) groups is 1. The van der Waals surface area contributed by atoms with Gasteiger partial charge < -0.3 is 11.1 Å². The number of benzene rings is 2. The van der Waals surface area contributed by atoms with Crippen LogP contribution >= 0.6 is 0 Å². The predicted molar refractivity (Wildman–Crippen MR) is 118 cm³/mol. The number of nitrogens with one attached hydrogen (secondary N) is 1. The van der Waals surface area contributed by atoms with E-state index in [-0.39, 0.29) is 23.8 Å². The Balaban J connectivity index is 1.39. The second kappa shape index (κ2) is 7.93. The van der Waals surface area contributed by atoms with Crippen molar-refractivity contribution >= 4 is 23.3 Å². The SMILES string of the molecule is Cc1ccc(-c2ccn3nc(N)nc3c2)cc1NC(=O)N1OCC[C@H]1c1ccc(F)cc1. The summed E-state index contributed by atoms with van der Waals surface area (Å²) in [6.45, 7) is 2.33. The summed E-state index contributed by atoms with van der Waals surface area (Å²) in [6, 6.07) is 15.1. The normalized spacial score (nSPS) is 15.9. The van der Waals surface area contributed by atoms with Crippen molar-refractivity contribution in [1.82, 2.24) is 19.7 Å². The molecule has 0 saturated carbocycles. The summed E-state index contributed by atoms with van der Waals surface area (Å²) in [5, 5.41) is 8.36. The third-order valence-corrected chi connectivity index (χ3v) is 5.53. The molecule has 1 aliphatic heterocycles. The molecule has 1 atom stereocenters. The number of halogens is 1. The standard InChI is InChI=1S/C23H21FN6O2/c1-14-2-3-16(17-8-10-29-21(13-17)27-22(25)28-29)12-19(14)26-23(31)30-20(9-11-32-30)15-4-6-18(24)7-5-15/h2-8,10,12-13,20H,9,11H2,1H3,(H2,25,28)(H,26,31)/t20-/m0/s1. The summed E-state index contributed by atoms with van der Waals surface area (Å²) in [5.41, 5.74) is 10.5. The van der Waals surface area contributed by atoms with Crippen LogP contribution in [0.4, 0.5) is 20.8 Å². The molecule has 5 rings (SSSR count). The fraction of sp³-hybridized carbons (Fsp3) is 0.174. The molecule has 9 heteroatoms. The molecule has 0 bridgehead atoms. The third kappa shape index (κ3) is 3.74. The highest BCUT2D eigenvalue weighted by atomic mass is 19.1. The Hall–Kier alpha value is -3.98. The number of anilines is 2. The van der Waals surface area contributed by atoms with Crippen molar-refractivity contribution < 1.29 is 14.0 Å². The zero-order chi connectivity index (χ0) is 22.2. The fourth-order valence-corrected chi connectivity index (χ4v) is 3.84. The number of pyridine rings is 1. The number of aryl methyl sites for hydroxylation is 1. The molecular formula is C23H21FN6O2. The molecular weight excluding hydrogens is 411 g/mol. The molecule has 1 aliphatic rings. The average molecular weight is 432 g/mol. The lowest BCUT2D eigenvalue weighted by atomic mass is 10.0. The second-order valence-corrected chi connectivity index (χ2v) is 7.66. The van der Waals surface area contributed by atoms with Crippen LogP contribution in [0.15, 0.2) is 60.8 Å². The van der Waals surface area contributed by atoms with Crippen molar-refractivity contribution in [2.24, 2.45) is 0 Å². The number of nitrogens with two attached hydrogens (primary N) is 1. The summed E-state index contributed by atoms with van der Waals surface area (Å²) in [6.07, 6.45) is 2.43. The van der Waals surface area contributed by atoms with Gasteiger partial charge in [-0.15, -0.1) is 5.10 Å². The molecule has 3 N–H and O–H groups in total. The molecule has 4 aromatic rings. The number of urea groups is 1. The Bertz CT molecular complexity index is 1300. The van der Waals surface area contributed by atoms with Gasteiger partial charge in [0.15, 0.2) is 5.65 Å². The molecule has 0 unspecified atom stereocenters. The quantitative estimate of drug-likeness (QED) is 0.502. The highest BCUT2D eigenvalue weighted by molar-refractivity contribution is 5.91. The van der Waals surface area contributed by atoms with Crippen LogP contribution in [-0.2, 0) is 4.84 Å². The highest BCUT2D eigenvalue weighted by Crippen LogP contribution is 2.32. The summed E-state index contributed by atoms with van der Waals surface area (Å²) >= 11 is 0. The maximum absolute atomic E-state index is 13.3. The second-order valence-electron chi connectivity index (χ2n) is 7.66. The number of fused-ring (bicyclic) bond motifs is 1. The largest absolute Gasteiger partial charge is 0.366 e. The minimum absolute atomic E-state index is 0.209. The van der Waals surface area contributed by atoms with Gasteiger partial charge in [0.2, 0.25) is 5.95 Å². The van der Waals surface area contributed by atoms with Crippen molar-refractivity contribution in [3.05, 3.63) is 77.7 Å². The molecule has 1 fully saturated rings. The van der Waals surface area contributed by atoms with Gasteiger partial charge in [0, 0.05) is 18.3 Å². The molecule has 2 aromatic carbocycles. The minimum atomic E-state index is -0.377. The van der Waals surface area contributed by atoms with Gasteiger partial charge in [-0.25, -0.2) is 13.7 Å². The summed E-state index contributed by atoms with van der Waals surface area (Å²) in [4.78, 5) is 22.8. The molecule has 0 spiro atoms. The minimum Gasteiger partial charge on any atom is -0.366 e. The highest BCUT2D eigenvalue weighted by Gasteiger charge is 2.32. The lowest BCUT2D eigenvalue weighted by molar-refractivity contribution is -0.0830. The Morgan fingerprint density at radius 3 is 2.75 bits per heavy atom. The molecule has 1 saturated heterocycles. The maximum Gasteiger partial charge on any atom is 0.346 e. The van der Waals surface area contributed by atoms with E-state index >= 15 is 0 Å². The van der Waals surface area contributed by atoms with Gasteiger partial charge in [-0.05, 0) is 59.5 Å². The van der Waals surface area contributed by atoms with E-state index in [0.717, 1.165) is 22.3 Å². The Morgan fingerprint density at radius 1 is 1.16 bits per heavy atom. The van der Waals surface area contributed by atoms with E-state index < -0.39 is 0 Å². The first-order chi connectivity index (χ1) is 15.5. The molecule has 0 aliphatic carbocycles. The van der Waals surface area contributed by atoms with Crippen LogP contribution in [0.2, 0.25) is 0 Å². The summed E-state index contributed by atoms with van der Waals surface area (Å²) < 4.78 is 14.9. The van der Waals surface area contributed by atoms with Crippen LogP contribution in [0.25, 0.3) is 16.8 Å². The van der Waals surface area contributed by atoms with E-state index in [1.54, 1.807) is 22.8 Å². The van der Waals surface area contributed by atoms with Gasteiger partial charge in [0.05, 0.1) is 12.6 Å². The van der Waals surface area contributed by atoms with Crippen molar-refractivity contribution in [1.29, 1.82) is 0 Å². The van der Waals surface area contributed by atoms with E-state index in [1.165, 1.54) is 17.2 Å². The van der Waals surface area contributed by atoms with Crippen LogP contribution in [0, 0.1) is 12.7 Å². The Morgan fingerprint density at radius 2 is 1.94 bits per heavy atom. The number of nitrogens with zero attached hydrogens (tertiary/aromatic N) is 4. The lowest BCUT2D eigenvalue weighted by Gasteiger charge is -2.23. The third-order valence-electron chi connectivity index (χ3n) is 5.53. The number of nitrogen functional groups attached to an aromatic ring is 1. The molecule has 162 valence electrons. The van der Waals surface area contributed by atoms with Crippen LogP contribution < -0.4 is 11.1 Å². The molecule has 2 aromatic heterocycles. The van der Waals surface area contributed by atoms with Crippen LogP contribution in [0.5, 0.6) is 0 Å². The van der Waals surface area contributed by atoms with Crippen molar-refractivity contribution in [3.63, 3.8) is 0 Å². The zero-order valence-corrected chi connectivity index (χ0v) is 17.3. The van der Waals surface area contributed by atoms with Gasteiger partial charge in [-0.2, -0.15) is 10.0 Å². The summed E-state index contributed by atoms with van der Waals surface area (Å²) in [5.74, 6) is -0.108. The van der Waals surface area contributed by atoms with Gasteiger partial charge >= 0.3 is 6.03 Å². The lowest BCUT2D eigenvalue weighted by Crippen LogP contribution is -2.33. The van der Waals surface area contributed by atoms with Gasteiger partial charge in [0.25, 0.3) is 0 Å². The van der Waals surface area contributed by atoms with Crippen molar-refractivity contribution in [2.75, 3.05) is 17.7 Å². The monoisotopic (exact) mass is 432 g/mol. The van der Waals surface area contributed by atoms with Gasteiger partial charge in [-0.1, -0.05) is 24.3 Å². The van der Waals surface area contributed by atoms with E-state index in [1.807, 2.05) is 37.3 Å². The molecule has 8 nitrogen and oxygen atoms in total. The number of hydroxylamine groups is 2. The summed E-state index contributed by atoms with van der Waals surface area (Å²) in [7, 11) is 0. The van der Waals surface area contributed by atoms with Crippen LogP contribution in [0.3, 0.4) is 0 Å². The number of carbonyl (C=O) groups excluding carboxylic acids is 1. The predicted octanol–water partition coefficient (Wildman–Crippen LogP) is 4.34. The zero-order valence-electron chi connectivity index (χ0n) is 17.3. The number of rotatable bonds is 3. The Labute approximate surface area is 183 Å². The van der Waals surface area contributed by atoms with Gasteiger partial charge in [-0.3, -0.25) is 4.84 Å². The van der Waals surface area contributed by atoms with Crippen molar-refractivity contribution in [2.45, 2.75) is 19.4 Å². The Kier molecular flexibility index (Phi) is 4.95. The number of aromatic nitrogens is 3. The van der Waals surface area contributed by atoms with E-state index in [2.05, 4.69) is 15.4 Å². The van der Waals surface area contributed by atoms with Crippen LogP contribution in [0.1, 0.15) is 23.6 Å². The molecule has 32 heavy (non-hydrogen) atoms. The van der Waals surface area contributed by atoms with E-state index in [0.29, 0.717) is 24.4 Å². The average Bonchev–Trinajstić information content (AvgIpc) is 3.41. The number of hydrogen-bond donors (Lipinski definition) is 2. The maximum atomic E-state index is 13.3.